The average Bonchev–Trinajstić information content (AvgIpc) is 3.65. The zero-order valence-electron chi connectivity index (χ0n) is 19.7. The number of amides is 2. The zero-order chi connectivity index (χ0) is 26.0. The van der Waals surface area contributed by atoms with E-state index in [-0.39, 0.29) is 29.9 Å². The highest BCUT2D eigenvalue weighted by molar-refractivity contribution is 7.93. The van der Waals surface area contributed by atoms with Crippen molar-refractivity contribution in [3.63, 3.8) is 0 Å². The molecule has 5 rings (SSSR count). The summed E-state index contributed by atoms with van der Waals surface area (Å²) >= 11 is 2.75. The highest BCUT2D eigenvalue weighted by Crippen LogP contribution is 2.34. The van der Waals surface area contributed by atoms with E-state index in [1.54, 1.807) is 53.6 Å². The molecule has 9 nitrogen and oxygen atoms in total. The number of allylic oxidation sites excluding steroid dienone is 1. The van der Waals surface area contributed by atoms with Gasteiger partial charge in [-0.25, -0.2) is 18.4 Å². The summed E-state index contributed by atoms with van der Waals surface area (Å²) < 4.78 is 28.4. The number of rotatable bonds is 7. The molecule has 1 unspecified atom stereocenters. The molecule has 3 aromatic rings. The number of aromatic nitrogens is 2. The molecule has 2 aliphatic rings. The first-order chi connectivity index (χ1) is 17.8. The number of nitrogens with one attached hydrogen (secondary N) is 2. The van der Waals surface area contributed by atoms with Gasteiger partial charge in [0.25, 0.3) is 11.8 Å². The van der Waals surface area contributed by atoms with Gasteiger partial charge in [-0.2, -0.15) is 0 Å². The number of carbonyl (C=O) groups is 2. The number of aryl methyl sites for hydroxylation is 1. The molecular weight excluding hydrogens is 531 g/mol. The van der Waals surface area contributed by atoms with E-state index in [1.807, 2.05) is 17.5 Å². The monoisotopic (exact) mass is 553 g/mol. The number of nitrogens with zero attached hydrogens (tertiary/aromatic N) is 3. The van der Waals surface area contributed by atoms with Crippen LogP contribution in [-0.2, 0) is 14.8 Å². The number of sulfonamides is 1. The molecule has 1 aliphatic heterocycles. The molecule has 0 saturated heterocycles. The van der Waals surface area contributed by atoms with Crippen LogP contribution in [0.1, 0.15) is 33.1 Å². The molecule has 0 fully saturated rings. The van der Waals surface area contributed by atoms with E-state index in [9.17, 15) is 18.0 Å². The van der Waals surface area contributed by atoms with E-state index in [0.29, 0.717) is 29.2 Å². The molecule has 2 N–H and O–H groups in total. The Bertz CT molecular complexity index is 1520. The highest BCUT2D eigenvalue weighted by atomic mass is 32.2. The molecule has 0 saturated carbocycles. The average molecular weight is 554 g/mol. The molecule has 3 aromatic heterocycles. The fraction of sp³-hybridized carbons (Fsp3) is 0.200. The van der Waals surface area contributed by atoms with Gasteiger partial charge in [0, 0.05) is 29.0 Å². The molecule has 1 aliphatic carbocycles. The maximum absolute atomic E-state index is 13.6. The normalized spacial score (nSPS) is 17.6. The second-order valence-corrected chi connectivity index (χ2v) is 12.3. The highest BCUT2D eigenvalue weighted by Gasteiger charge is 2.35. The topological polar surface area (TPSA) is 121 Å². The Morgan fingerprint density at radius 1 is 1.16 bits per heavy atom. The molecule has 0 bridgehead atoms. The molecule has 4 heterocycles. The predicted molar refractivity (Wildman–Crippen MR) is 144 cm³/mol. The third kappa shape index (κ3) is 5.55. The van der Waals surface area contributed by atoms with Crippen LogP contribution in [0.2, 0.25) is 0 Å². The maximum Gasteiger partial charge on any atom is 0.274 e. The van der Waals surface area contributed by atoms with Crippen LogP contribution in [0.5, 0.6) is 0 Å². The minimum absolute atomic E-state index is 0.0289. The van der Waals surface area contributed by atoms with Crippen molar-refractivity contribution < 1.29 is 18.0 Å². The first kappa shape index (κ1) is 25.1. The van der Waals surface area contributed by atoms with Crippen molar-refractivity contribution in [2.45, 2.75) is 25.0 Å². The van der Waals surface area contributed by atoms with Gasteiger partial charge in [0.05, 0.1) is 4.88 Å². The first-order valence-corrected chi connectivity index (χ1v) is 14.7. The molecule has 2 amide bonds. The van der Waals surface area contributed by atoms with Crippen LogP contribution in [0, 0.1) is 6.92 Å². The van der Waals surface area contributed by atoms with Gasteiger partial charge in [-0.1, -0.05) is 18.2 Å². The summed E-state index contributed by atoms with van der Waals surface area (Å²) in [7, 11) is -3.79. The molecule has 12 heteroatoms. The second-order valence-electron chi connectivity index (χ2n) is 8.47. The van der Waals surface area contributed by atoms with Crippen molar-refractivity contribution in [2.24, 2.45) is 0 Å². The Morgan fingerprint density at radius 2 is 1.97 bits per heavy atom. The smallest absolute Gasteiger partial charge is 0.274 e. The van der Waals surface area contributed by atoms with Crippen LogP contribution < -0.4 is 10.0 Å². The Hall–Kier alpha value is -3.61. The van der Waals surface area contributed by atoms with E-state index in [0.717, 1.165) is 10.5 Å². The van der Waals surface area contributed by atoms with Crippen LogP contribution in [0.15, 0.2) is 76.4 Å². The van der Waals surface area contributed by atoms with Crippen molar-refractivity contribution in [3.05, 3.63) is 91.9 Å². The van der Waals surface area contributed by atoms with E-state index in [1.165, 1.54) is 28.9 Å². The Balaban J connectivity index is 1.35. The molecule has 190 valence electrons. The van der Waals surface area contributed by atoms with E-state index in [2.05, 4.69) is 20.0 Å². The fourth-order valence-corrected chi connectivity index (χ4v) is 6.63. The quantitative estimate of drug-likeness (QED) is 0.428. The maximum atomic E-state index is 13.6. The summed E-state index contributed by atoms with van der Waals surface area (Å²) in [6.07, 6.45) is 7.22. The summed E-state index contributed by atoms with van der Waals surface area (Å²) in [5, 5.41) is 5.66. The minimum Gasteiger partial charge on any atom is -0.317 e. The lowest BCUT2D eigenvalue weighted by Gasteiger charge is -2.24. The number of carbonyl (C=O) groups excluding carboxylic acids is 2. The van der Waals surface area contributed by atoms with Gasteiger partial charge in [-0.15, -0.1) is 22.7 Å². The zero-order valence-corrected chi connectivity index (χ0v) is 22.2. The molecule has 0 aromatic carbocycles. The Labute approximate surface area is 222 Å². The SMILES string of the molecule is Cc1ccnc(NS(=O)(=O)C2C=CC3=C(CCN3C(=O)/C(=C\c3cccs3)NC(=O)c3cccs3)C2)n1. The Morgan fingerprint density at radius 3 is 2.70 bits per heavy atom. The van der Waals surface area contributed by atoms with E-state index < -0.39 is 15.3 Å². The van der Waals surface area contributed by atoms with Crippen molar-refractivity contribution in [1.29, 1.82) is 0 Å². The lowest BCUT2D eigenvalue weighted by atomic mass is 10.0. The summed E-state index contributed by atoms with van der Waals surface area (Å²) in [6.45, 7) is 2.15. The second kappa shape index (κ2) is 10.4. The van der Waals surface area contributed by atoms with Crippen molar-refractivity contribution in [3.8, 4) is 0 Å². The molecule has 0 radical (unpaired) electrons. The van der Waals surface area contributed by atoms with Gasteiger partial charge < -0.3 is 10.2 Å². The fourth-order valence-electron chi connectivity index (χ4n) is 4.14. The van der Waals surface area contributed by atoms with E-state index >= 15 is 0 Å². The third-order valence-corrected chi connectivity index (χ3v) is 9.21. The van der Waals surface area contributed by atoms with Gasteiger partial charge in [-0.3, -0.25) is 14.3 Å². The predicted octanol–water partition coefficient (Wildman–Crippen LogP) is 3.94. The van der Waals surface area contributed by atoms with Gasteiger partial charge in [0.2, 0.25) is 16.0 Å². The lowest BCUT2D eigenvalue weighted by Crippen LogP contribution is -2.36. The minimum atomic E-state index is -3.79. The summed E-state index contributed by atoms with van der Waals surface area (Å²) in [5.41, 5.74) is 2.36. The standard InChI is InChI=1S/C25H23N5O4S3/c1-16-8-10-26-25(27-16)29-37(33,34)19-6-7-21-17(14-19)9-11-30(21)24(32)20(15-18-4-2-12-35-18)28-23(31)22-5-3-13-36-22/h2-8,10,12-13,15,19H,9,11,14H2,1H3,(H,28,31)(H,26,27,29)/b20-15+. The van der Waals surface area contributed by atoms with Crippen molar-refractivity contribution >= 4 is 56.5 Å². The number of anilines is 1. The van der Waals surface area contributed by atoms with Gasteiger partial charge in [-0.05, 0) is 66.4 Å². The van der Waals surface area contributed by atoms with Crippen LogP contribution in [0.3, 0.4) is 0 Å². The summed E-state index contributed by atoms with van der Waals surface area (Å²) in [4.78, 5) is 37.4. The first-order valence-electron chi connectivity index (χ1n) is 11.4. The van der Waals surface area contributed by atoms with Crippen molar-refractivity contribution in [1.82, 2.24) is 20.2 Å². The summed E-state index contributed by atoms with van der Waals surface area (Å²) in [6, 6.07) is 8.90. The molecule has 1 atom stereocenters. The summed E-state index contributed by atoms with van der Waals surface area (Å²) in [5.74, 6) is -0.670. The van der Waals surface area contributed by atoms with Crippen LogP contribution in [0.4, 0.5) is 5.95 Å². The van der Waals surface area contributed by atoms with Crippen molar-refractivity contribution in [2.75, 3.05) is 11.3 Å². The lowest BCUT2D eigenvalue weighted by molar-refractivity contribution is -0.125. The molecular formula is C25H23N5O4S3. The van der Waals surface area contributed by atoms with Gasteiger partial charge in [0.15, 0.2) is 0 Å². The van der Waals surface area contributed by atoms with Gasteiger partial charge in [0.1, 0.15) is 10.9 Å². The van der Waals surface area contributed by atoms with Crippen LogP contribution in [-0.4, -0.2) is 46.9 Å². The number of hydrogen-bond donors (Lipinski definition) is 2. The van der Waals surface area contributed by atoms with Gasteiger partial charge >= 0.3 is 0 Å². The third-order valence-electron chi connectivity index (χ3n) is 5.93. The number of hydrogen-bond acceptors (Lipinski definition) is 8. The van der Waals surface area contributed by atoms with Crippen LogP contribution >= 0.6 is 22.7 Å². The van der Waals surface area contributed by atoms with E-state index in [4.69, 9.17) is 0 Å². The largest absolute Gasteiger partial charge is 0.317 e. The Kier molecular flexibility index (Phi) is 7.04. The number of thiophene rings is 2. The molecule has 0 spiro atoms. The van der Waals surface area contributed by atoms with Crippen LogP contribution in [0.25, 0.3) is 6.08 Å². The molecule has 37 heavy (non-hydrogen) atoms.